The van der Waals surface area contributed by atoms with Crippen LogP contribution < -0.4 is 15.0 Å². The van der Waals surface area contributed by atoms with Crippen molar-refractivity contribution in [2.24, 2.45) is 0 Å². The number of halogens is 1. The van der Waals surface area contributed by atoms with E-state index >= 15 is 0 Å². The van der Waals surface area contributed by atoms with Gasteiger partial charge in [-0.3, -0.25) is 14.5 Å². The topological polar surface area (TPSA) is 71.5 Å². The summed E-state index contributed by atoms with van der Waals surface area (Å²) < 4.78 is 5.35. The van der Waals surface area contributed by atoms with Crippen LogP contribution in [0.4, 0.5) is 5.69 Å². The summed E-state index contributed by atoms with van der Waals surface area (Å²) >= 11 is 5.80. The molecular formula is C19H22ClN3O3. The highest BCUT2D eigenvalue weighted by Gasteiger charge is 2.25. The first-order chi connectivity index (χ1) is 12.2. The summed E-state index contributed by atoms with van der Waals surface area (Å²) in [4.78, 5) is 30.8. The quantitative estimate of drug-likeness (QED) is 0.814. The number of para-hydroxylation sites is 2. The maximum absolute atomic E-state index is 13.0. The highest BCUT2D eigenvalue weighted by atomic mass is 35.5. The van der Waals surface area contributed by atoms with Crippen molar-refractivity contribution in [3.05, 3.63) is 53.3 Å². The molecule has 0 aliphatic heterocycles. The number of aromatic nitrogens is 1. The van der Waals surface area contributed by atoms with E-state index in [0.717, 1.165) is 0 Å². The van der Waals surface area contributed by atoms with Crippen molar-refractivity contribution in [2.45, 2.75) is 26.3 Å². The molecule has 0 saturated heterocycles. The summed E-state index contributed by atoms with van der Waals surface area (Å²) in [6, 6.07) is 10.1. The lowest BCUT2D eigenvalue weighted by Crippen LogP contribution is -2.47. The Morgan fingerprint density at radius 2 is 1.88 bits per heavy atom. The van der Waals surface area contributed by atoms with Gasteiger partial charge in [0.15, 0.2) is 0 Å². The molecular weight excluding hydrogens is 354 g/mol. The third-order valence-electron chi connectivity index (χ3n) is 3.41. The lowest BCUT2D eigenvalue weighted by molar-refractivity contribution is -0.121. The molecule has 1 N–H and O–H groups in total. The number of carbonyl (C=O) groups excluding carboxylic acids is 2. The van der Waals surface area contributed by atoms with E-state index in [0.29, 0.717) is 17.0 Å². The number of hydrogen-bond acceptors (Lipinski definition) is 4. The van der Waals surface area contributed by atoms with E-state index in [1.165, 1.54) is 24.3 Å². The minimum Gasteiger partial charge on any atom is -0.495 e. The highest BCUT2D eigenvalue weighted by molar-refractivity contribution is 6.29. The molecule has 0 aliphatic carbocycles. The summed E-state index contributed by atoms with van der Waals surface area (Å²) in [5.74, 6) is -0.160. The molecule has 0 bridgehead atoms. The van der Waals surface area contributed by atoms with Crippen LogP contribution in [0.15, 0.2) is 42.6 Å². The van der Waals surface area contributed by atoms with Crippen molar-refractivity contribution < 1.29 is 14.3 Å². The number of anilines is 1. The van der Waals surface area contributed by atoms with Crippen LogP contribution in [-0.4, -0.2) is 36.0 Å². The molecule has 0 aliphatic rings. The third kappa shape index (κ3) is 5.20. The van der Waals surface area contributed by atoms with Crippen LogP contribution in [0.2, 0.25) is 5.15 Å². The zero-order valence-electron chi connectivity index (χ0n) is 15.2. The second-order valence-corrected chi connectivity index (χ2v) is 7.12. The zero-order valence-corrected chi connectivity index (χ0v) is 16.0. The lowest BCUT2D eigenvalue weighted by atomic mass is 10.1. The number of ether oxygens (including phenoxy) is 1. The molecule has 0 radical (unpaired) electrons. The van der Waals surface area contributed by atoms with Gasteiger partial charge in [-0.1, -0.05) is 23.7 Å². The molecule has 0 atom stereocenters. The van der Waals surface area contributed by atoms with E-state index in [1.54, 1.807) is 30.3 Å². The van der Waals surface area contributed by atoms with Gasteiger partial charge in [0.25, 0.3) is 5.91 Å². The summed E-state index contributed by atoms with van der Waals surface area (Å²) in [6.45, 7) is 5.48. The second-order valence-electron chi connectivity index (χ2n) is 6.73. The average Bonchev–Trinajstić information content (AvgIpc) is 2.58. The summed E-state index contributed by atoms with van der Waals surface area (Å²) in [6.07, 6.45) is 1.38. The van der Waals surface area contributed by atoms with E-state index in [9.17, 15) is 9.59 Å². The molecule has 2 aromatic rings. The zero-order chi connectivity index (χ0) is 19.3. The van der Waals surface area contributed by atoms with Crippen molar-refractivity contribution in [2.75, 3.05) is 18.6 Å². The molecule has 1 heterocycles. The van der Waals surface area contributed by atoms with Gasteiger partial charge in [0.1, 0.15) is 17.4 Å². The van der Waals surface area contributed by atoms with Gasteiger partial charge in [-0.25, -0.2) is 4.98 Å². The minimum atomic E-state index is -0.408. The summed E-state index contributed by atoms with van der Waals surface area (Å²) in [7, 11) is 1.51. The smallest absolute Gasteiger partial charge is 0.260 e. The molecule has 1 aromatic heterocycles. The predicted octanol–water partition coefficient (Wildman–Crippen LogP) is 3.31. The van der Waals surface area contributed by atoms with E-state index in [2.05, 4.69) is 10.3 Å². The van der Waals surface area contributed by atoms with E-state index in [4.69, 9.17) is 16.3 Å². The number of methoxy groups -OCH3 is 1. The molecule has 2 rings (SSSR count). The van der Waals surface area contributed by atoms with Gasteiger partial charge in [0, 0.05) is 11.7 Å². The fourth-order valence-electron chi connectivity index (χ4n) is 2.38. The van der Waals surface area contributed by atoms with Crippen molar-refractivity contribution in [3.63, 3.8) is 0 Å². The predicted molar refractivity (Wildman–Crippen MR) is 102 cm³/mol. The first kappa shape index (κ1) is 19.7. The fourth-order valence-corrected chi connectivity index (χ4v) is 2.49. The average molecular weight is 376 g/mol. The minimum absolute atomic E-state index is 0.154. The number of carbonyl (C=O) groups is 2. The van der Waals surface area contributed by atoms with Crippen molar-refractivity contribution in [3.8, 4) is 5.75 Å². The Morgan fingerprint density at radius 1 is 1.19 bits per heavy atom. The van der Waals surface area contributed by atoms with Crippen LogP contribution >= 0.6 is 11.6 Å². The monoisotopic (exact) mass is 375 g/mol. The van der Waals surface area contributed by atoms with E-state index in [1.807, 2.05) is 20.8 Å². The molecule has 0 spiro atoms. The van der Waals surface area contributed by atoms with Crippen molar-refractivity contribution in [1.29, 1.82) is 0 Å². The normalized spacial score (nSPS) is 11.0. The van der Waals surface area contributed by atoms with Gasteiger partial charge in [-0.2, -0.15) is 0 Å². The van der Waals surface area contributed by atoms with Crippen molar-refractivity contribution in [1.82, 2.24) is 10.3 Å². The van der Waals surface area contributed by atoms with Gasteiger partial charge in [-0.05, 0) is 45.0 Å². The van der Waals surface area contributed by atoms with Crippen LogP contribution in [0.3, 0.4) is 0 Å². The molecule has 26 heavy (non-hydrogen) atoms. The van der Waals surface area contributed by atoms with Crippen LogP contribution in [0.1, 0.15) is 31.1 Å². The second kappa shape index (κ2) is 8.19. The van der Waals surface area contributed by atoms with E-state index < -0.39 is 5.54 Å². The number of nitrogens with zero attached hydrogens (tertiary/aromatic N) is 2. The van der Waals surface area contributed by atoms with Gasteiger partial charge in [0.2, 0.25) is 5.91 Å². The maximum atomic E-state index is 13.0. The van der Waals surface area contributed by atoms with Gasteiger partial charge < -0.3 is 10.1 Å². The van der Waals surface area contributed by atoms with Crippen LogP contribution in [0.5, 0.6) is 5.75 Å². The lowest BCUT2D eigenvalue weighted by Gasteiger charge is -2.27. The number of amides is 2. The Kier molecular flexibility index (Phi) is 6.21. The Morgan fingerprint density at radius 3 is 2.46 bits per heavy atom. The number of hydrogen-bond donors (Lipinski definition) is 1. The molecule has 1 aromatic carbocycles. The number of nitrogens with one attached hydrogen (secondary N) is 1. The maximum Gasteiger partial charge on any atom is 0.260 e. The number of pyridine rings is 1. The van der Waals surface area contributed by atoms with Gasteiger partial charge in [-0.15, -0.1) is 0 Å². The molecule has 6 nitrogen and oxygen atoms in total. The first-order valence-corrected chi connectivity index (χ1v) is 8.46. The highest BCUT2D eigenvalue weighted by Crippen LogP contribution is 2.29. The molecule has 0 unspecified atom stereocenters. The van der Waals surface area contributed by atoms with Crippen molar-refractivity contribution >= 4 is 29.1 Å². The Balaban J connectivity index is 2.39. The standard InChI is InChI=1S/C19H22ClN3O3/c1-19(2,3)22-17(24)12-23(14-7-5-6-8-15(14)26-4)18(25)13-9-10-16(20)21-11-13/h5-11H,12H2,1-4H3,(H,22,24). The molecule has 0 saturated carbocycles. The Labute approximate surface area is 158 Å². The Hall–Kier alpha value is -2.60. The van der Waals surface area contributed by atoms with Crippen LogP contribution in [-0.2, 0) is 4.79 Å². The van der Waals surface area contributed by atoms with Gasteiger partial charge in [0.05, 0.1) is 18.4 Å². The summed E-state index contributed by atoms with van der Waals surface area (Å²) in [5.41, 5.74) is 0.414. The molecule has 7 heteroatoms. The Bertz CT molecular complexity index is 785. The SMILES string of the molecule is COc1ccccc1N(CC(=O)NC(C)(C)C)C(=O)c1ccc(Cl)nc1. The largest absolute Gasteiger partial charge is 0.495 e. The number of benzene rings is 1. The fraction of sp³-hybridized carbons (Fsp3) is 0.316. The van der Waals surface area contributed by atoms with E-state index in [-0.39, 0.29) is 23.5 Å². The van der Waals surface area contributed by atoms with Crippen LogP contribution in [0, 0.1) is 0 Å². The van der Waals surface area contributed by atoms with Gasteiger partial charge >= 0.3 is 0 Å². The molecule has 138 valence electrons. The summed E-state index contributed by atoms with van der Waals surface area (Å²) in [5, 5.41) is 3.15. The van der Waals surface area contributed by atoms with Crippen LogP contribution in [0.25, 0.3) is 0 Å². The number of rotatable bonds is 5. The third-order valence-corrected chi connectivity index (χ3v) is 3.64. The molecule has 2 amide bonds. The first-order valence-electron chi connectivity index (χ1n) is 8.09. The molecule has 0 fully saturated rings.